The minimum Gasteiger partial charge on any atom is -0.294 e. The van der Waals surface area contributed by atoms with Crippen molar-refractivity contribution in [2.75, 3.05) is 0 Å². The number of carbonyl (C=O) groups is 1. The summed E-state index contributed by atoms with van der Waals surface area (Å²) in [7, 11) is 0. The molecule has 4 rings (SSSR count). The molecule has 0 atom stereocenters. The van der Waals surface area contributed by atoms with Gasteiger partial charge in [0.15, 0.2) is 11.4 Å². The van der Waals surface area contributed by atoms with Gasteiger partial charge in [-0.05, 0) is 57.5 Å². The highest BCUT2D eigenvalue weighted by molar-refractivity contribution is 7.19. The van der Waals surface area contributed by atoms with E-state index in [4.69, 9.17) is 4.98 Å². The van der Waals surface area contributed by atoms with E-state index >= 15 is 0 Å². The largest absolute Gasteiger partial charge is 0.294 e. The minimum absolute atomic E-state index is 0.0830. The van der Waals surface area contributed by atoms with Crippen molar-refractivity contribution in [2.24, 2.45) is 0 Å². The number of imidazole rings is 1. The van der Waals surface area contributed by atoms with Gasteiger partial charge in [0.05, 0.1) is 32.4 Å². The first-order valence-corrected chi connectivity index (χ1v) is 10.2. The standard InChI is InChI=1S/C22H22N4OS/c1-6-18(27)16-11-14(4)25-26-20(15(5)24-22(16)26)21-12(2)10-19(28-21)17-9-7-8-13(3)23-17/h7-11H,6H2,1-5H3. The van der Waals surface area contributed by atoms with Crippen LogP contribution in [0.2, 0.25) is 0 Å². The van der Waals surface area contributed by atoms with Gasteiger partial charge in [0.2, 0.25) is 0 Å². The first kappa shape index (κ1) is 18.5. The number of Topliss-reactive ketones (excluding diaryl/α,β-unsaturated/α-hetero) is 1. The summed E-state index contributed by atoms with van der Waals surface area (Å²) in [5, 5.41) is 4.68. The molecule has 0 N–H and O–H groups in total. The van der Waals surface area contributed by atoms with Crippen molar-refractivity contribution in [2.45, 2.75) is 41.0 Å². The van der Waals surface area contributed by atoms with Crippen LogP contribution in [0.15, 0.2) is 30.3 Å². The number of fused-ring (bicyclic) bond motifs is 1. The van der Waals surface area contributed by atoms with Crippen LogP contribution in [0.4, 0.5) is 0 Å². The van der Waals surface area contributed by atoms with Crippen molar-refractivity contribution in [1.29, 1.82) is 0 Å². The number of hydrogen-bond donors (Lipinski definition) is 0. The van der Waals surface area contributed by atoms with Crippen LogP contribution in [0.3, 0.4) is 0 Å². The first-order valence-electron chi connectivity index (χ1n) is 9.34. The van der Waals surface area contributed by atoms with E-state index < -0.39 is 0 Å². The lowest BCUT2D eigenvalue weighted by molar-refractivity contribution is 0.0989. The predicted octanol–water partition coefficient (Wildman–Crippen LogP) is 5.35. The molecule has 142 valence electrons. The molecule has 0 fully saturated rings. The molecule has 0 aromatic carbocycles. The van der Waals surface area contributed by atoms with Gasteiger partial charge in [-0.15, -0.1) is 11.3 Å². The van der Waals surface area contributed by atoms with Crippen LogP contribution in [-0.2, 0) is 0 Å². The van der Waals surface area contributed by atoms with E-state index in [1.165, 1.54) is 0 Å². The Hall–Kier alpha value is -2.86. The Morgan fingerprint density at radius 2 is 1.86 bits per heavy atom. The maximum Gasteiger partial charge on any atom is 0.166 e. The number of carbonyl (C=O) groups excluding carboxylic acids is 1. The monoisotopic (exact) mass is 390 g/mol. The molecule has 0 amide bonds. The van der Waals surface area contributed by atoms with Crippen molar-refractivity contribution in [3.05, 3.63) is 58.5 Å². The number of ketones is 1. The number of pyridine rings is 1. The molecule has 0 bridgehead atoms. The fourth-order valence-corrected chi connectivity index (χ4v) is 4.65. The van der Waals surface area contributed by atoms with Crippen LogP contribution < -0.4 is 0 Å². The average molecular weight is 391 g/mol. The van der Waals surface area contributed by atoms with Crippen LogP contribution in [0.5, 0.6) is 0 Å². The predicted molar refractivity (Wildman–Crippen MR) is 113 cm³/mol. The minimum atomic E-state index is 0.0830. The lowest BCUT2D eigenvalue weighted by Crippen LogP contribution is -2.05. The number of aromatic nitrogens is 4. The van der Waals surface area contributed by atoms with Gasteiger partial charge < -0.3 is 0 Å². The molecule has 0 saturated heterocycles. The van der Waals surface area contributed by atoms with Gasteiger partial charge in [0.1, 0.15) is 5.69 Å². The first-order chi connectivity index (χ1) is 13.4. The molecule has 0 aliphatic rings. The third-order valence-corrected chi connectivity index (χ3v) is 6.04. The van der Waals surface area contributed by atoms with Gasteiger partial charge >= 0.3 is 0 Å². The lowest BCUT2D eigenvalue weighted by atomic mass is 10.1. The normalized spacial score (nSPS) is 11.3. The summed E-state index contributed by atoms with van der Waals surface area (Å²) < 4.78 is 1.83. The summed E-state index contributed by atoms with van der Waals surface area (Å²) >= 11 is 1.69. The van der Waals surface area contributed by atoms with Crippen molar-refractivity contribution >= 4 is 22.8 Å². The SMILES string of the molecule is CCC(=O)c1cc(C)nn2c(-c3sc(-c4cccc(C)n4)cc3C)c(C)nc12. The van der Waals surface area contributed by atoms with Crippen LogP contribution in [0.25, 0.3) is 26.8 Å². The smallest absolute Gasteiger partial charge is 0.166 e. The lowest BCUT2D eigenvalue weighted by Gasteiger charge is -2.05. The zero-order valence-electron chi connectivity index (χ0n) is 16.7. The second-order valence-corrected chi connectivity index (χ2v) is 8.10. The highest BCUT2D eigenvalue weighted by Crippen LogP contribution is 2.39. The summed E-state index contributed by atoms with van der Waals surface area (Å²) in [5.41, 5.74) is 7.01. The van der Waals surface area contributed by atoms with E-state index in [-0.39, 0.29) is 5.78 Å². The van der Waals surface area contributed by atoms with Crippen molar-refractivity contribution in [1.82, 2.24) is 19.6 Å². The molecule has 4 aromatic heterocycles. The number of nitrogens with zero attached hydrogens (tertiary/aromatic N) is 4. The Kier molecular flexibility index (Phi) is 4.59. The van der Waals surface area contributed by atoms with Gasteiger partial charge in [0, 0.05) is 12.1 Å². The summed E-state index contributed by atoms with van der Waals surface area (Å²) in [6.45, 7) is 9.85. The fourth-order valence-electron chi connectivity index (χ4n) is 3.43. The molecule has 4 heterocycles. The zero-order valence-corrected chi connectivity index (χ0v) is 17.5. The Labute approximate surface area is 168 Å². The molecule has 0 aliphatic heterocycles. The molecule has 0 spiro atoms. The van der Waals surface area contributed by atoms with Crippen molar-refractivity contribution < 1.29 is 4.79 Å². The maximum atomic E-state index is 12.4. The van der Waals surface area contributed by atoms with Crippen LogP contribution in [0.1, 0.15) is 46.3 Å². The van der Waals surface area contributed by atoms with E-state index in [2.05, 4.69) is 23.1 Å². The molecular formula is C22H22N4OS. The number of hydrogen-bond acceptors (Lipinski definition) is 5. The van der Waals surface area contributed by atoms with Gasteiger partial charge in [-0.3, -0.25) is 9.78 Å². The summed E-state index contributed by atoms with van der Waals surface area (Å²) in [6.07, 6.45) is 0.446. The van der Waals surface area contributed by atoms with Gasteiger partial charge in [0.25, 0.3) is 0 Å². The summed E-state index contributed by atoms with van der Waals surface area (Å²) in [6, 6.07) is 10.1. The Bertz CT molecular complexity index is 1220. The van der Waals surface area contributed by atoms with E-state index in [0.717, 1.165) is 43.8 Å². The second-order valence-electron chi connectivity index (χ2n) is 7.04. The quantitative estimate of drug-likeness (QED) is 0.441. The van der Waals surface area contributed by atoms with Crippen LogP contribution in [-0.4, -0.2) is 25.4 Å². The van der Waals surface area contributed by atoms with Crippen LogP contribution >= 0.6 is 11.3 Å². The third-order valence-electron chi connectivity index (χ3n) is 4.78. The summed E-state index contributed by atoms with van der Waals surface area (Å²) in [5.74, 6) is 0.0830. The van der Waals surface area contributed by atoms with E-state index in [1.54, 1.807) is 11.3 Å². The van der Waals surface area contributed by atoms with Crippen molar-refractivity contribution in [3.8, 4) is 21.1 Å². The van der Waals surface area contributed by atoms with E-state index in [9.17, 15) is 4.79 Å². The fraction of sp³-hybridized carbons (Fsp3) is 0.273. The zero-order chi connectivity index (χ0) is 20.0. The van der Waals surface area contributed by atoms with Crippen molar-refractivity contribution in [3.63, 3.8) is 0 Å². The Morgan fingerprint density at radius 3 is 2.57 bits per heavy atom. The van der Waals surface area contributed by atoms with Gasteiger partial charge in [-0.2, -0.15) is 5.10 Å². The Balaban J connectivity index is 1.94. The average Bonchev–Trinajstić information content (AvgIpc) is 3.19. The number of thiophene rings is 1. The molecule has 28 heavy (non-hydrogen) atoms. The van der Waals surface area contributed by atoms with Gasteiger partial charge in [-0.25, -0.2) is 9.50 Å². The number of rotatable bonds is 4. The third kappa shape index (κ3) is 3.03. The van der Waals surface area contributed by atoms with Gasteiger partial charge in [-0.1, -0.05) is 13.0 Å². The Morgan fingerprint density at radius 1 is 1.07 bits per heavy atom. The molecule has 0 unspecified atom stereocenters. The molecular weight excluding hydrogens is 368 g/mol. The molecule has 0 radical (unpaired) electrons. The highest BCUT2D eigenvalue weighted by atomic mass is 32.1. The molecule has 5 nitrogen and oxygen atoms in total. The van der Waals surface area contributed by atoms with E-state index in [0.29, 0.717) is 17.6 Å². The molecule has 0 aliphatic carbocycles. The highest BCUT2D eigenvalue weighted by Gasteiger charge is 2.21. The van der Waals surface area contributed by atoms with Crippen LogP contribution in [0, 0.1) is 27.7 Å². The molecule has 0 saturated carbocycles. The number of aryl methyl sites for hydroxylation is 4. The molecule has 6 heteroatoms. The summed E-state index contributed by atoms with van der Waals surface area (Å²) in [4.78, 5) is 24.0. The molecule has 4 aromatic rings. The second kappa shape index (κ2) is 6.95. The maximum absolute atomic E-state index is 12.4. The van der Waals surface area contributed by atoms with E-state index in [1.807, 2.05) is 56.5 Å². The topological polar surface area (TPSA) is 60.2 Å².